The van der Waals surface area contributed by atoms with Crippen LogP contribution in [0, 0.1) is 12.7 Å². The molecule has 88 valence electrons. The van der Waals surface area contributed by atoms with Crippen LogP contribution in [-0.2, 0) is 4.74 Å². The van der Waals surface area contributed by atoms with Crippen LogP contribution in [0.1, 0.15) is 29.8 Å². The van der Waals surface area contributed by atoms with Gasteiger partial charge in [0.1, 0.15) is 0 Å². The van der Waals surface area contributed by atoms with Crippen molar-refractivity contribution in [3.05, 3.63) is 29.1 Å². The van der Waals surface area contributed by atoms with E-state index in [1.807, 2.05) is 0 Å². The number of hydrogen-bond acceptors (Lipinski definition) is 3. The lowest BCUT2D eigenvalue weighted by Crippen LogP contribution is -2.09. The molecule has 0 aromatic heterocycles. The molecule has 0 atom stereocenters. The summed E-state index contributed by atoms with van der Waals surface area (Å²) in [5.74, 6) is -1.24. The zero-order chi connectivity index (χ0) is 12.1. The van der Waals surface area contributed by atoms with Crippen molar-refractivity contribution in [1.29, 1.82) is 0 Å². The van der Waals surface area contributed by atoms with Crippen LogP contribution in [0.25, 0.3) is 0 Å². The maximum Gasteiger partial charge on any atom is 0.341 e. The largest absolute Gasteiger partial charge is 0.491 e. The maximum atomic E-state index is 13.8. The molecule has 0 amide bonds. The van der Waals surface area contributed by atoms with E-state index >= 15 is 0 Å². The van der Waals surface area contributed by atoms with Gasteiger partial charge in [0.05, 0.1) is 18.8 Å². The van der Waals surface area contributed by atoms with E-state index < -0.39 is 11.8 Å². The van der Waals surface area contributed by atoms with Crippen molar-refractivity contribution in [3.8, 4) is 5.75 Å². The first-order valence-corrected chi connectivity index (χ1v) is 5.20. The van der Waals surface area contributed by atoms with E-state index in [0.717, 1.165) is 5.56 Å². The van der Waals surface area contributed by atoms with Gasteiger partial charge in [-0.2, -0.15) is 0 Å². The number of aryl methyl sites for hydroxylation is 1. The lowest BCUT2D eigenvalue weighted by Gasteiger charge is -2.09. The minimum absolute atomic E-state index is 0.0784. The predicted octanol–water partition coefficient (Wildman–Crippen LogP) is 2.71. The van der Waals surface area contributed by atoms with Gasteiger partial charge in [0.2, 0.25) is 0 Å². The van der Waals surface area contributed by atoms with E-state index in [-0.39, 0.29) is 17.9 Å². The number of benzene rings is 1. The Morgan fingerprint density at radius 2 is 2.00 bits per heavy atom. The molecule has 0 aliphatic rings. The normalized spacial score (nSPS) is 10.0. The van der Waals surface area contributed by atoms with Crippen LogP contribution in [0.15, 0.2) is 12.1 Å². The highest BCUT2D eigenvalue weighted by Gasteiger charge is 2.17. The van der Waals surface area contributed by atoms with Crippen molar-refractivity contribution in [2.45, 2.75) is 20.8 Å². The van der Waals surface area contributed by atoms with E-state index in [1.54, 1.807) is 26.8 Å². The number of carbonyl (C=O) groups is 1. The molecule has 0 radical (unpaired) electrons. The second kappa shape index (κ2) is 5.49. The fraction of sp³-hybridized carbons (Fsp3) is 0.417. The number of ether oxygens (including phenoxy) is 2. The van der Waals surface area contributed by atoms with Gasteiger partial charge in [0.15, 0.2) is 11.6 Å². The van der Waals surface area contributed by atoms with Crippen LogP contribution in [0.3, 0.4) is 0 Å². The van der Waals surface area contributed by atoms with Gasteiger partial charge >= 0.3 is 5.97 Å². The maximum absolute atomic E-state index is 13.8. The molecular weight excluding hydrogens is 211 g/mol. The monoisotopic (exact) mass is 226 g/mol. The molecule has 0 fully saturated rings. The van der Waals surface area contributed by atoms with E-state index in [1.165, 1.54) is 6.07 Å². The van der Waals surface area contributed by atoms with Gasteiger partial charge in [-0.1, -0.05) is 0 Å². The smallest absolute Gasteiger partial charge is 0.341 e. The summed E-state index contributed by atoms with van der Waals surface area (Å²) in [6, 6.07) is 3.01. The minimum Gasteiger partial charge on any atom is -0.491 e. The molecule has 0 aliphatic heterocycles. The Balaban J connectivity index is 3.13. The summed E-state index contributed by atoms with van der Waals surface area (Å²) in [6.07, 6.45) is 0. The fourth-order valence-corrected chi connectivity index (χ4v) is 1.35. The SMILES string of the molecule is CCOC(=O)c1cc(C)cc(OCC)c1F. The molecule has 0 saturated carbocycles. The van der Waals surface area contributed by atoms with E-state index in [0.29, 0.717) is 6.61 Å². The number of esters is 1. The molecule has 1 aromatic carbocycles. The van der Waals surface area contributed by atoms with Crippen molar-refractivity contribution in [2.24, 2.45) is 0 Å². The Hall–Kier alpha value is -1.58. The lowest BCUT2D eigenvalue weighted by atomic mass is 10.1. The average molecular weight is 226 g/mol. The highest BCUT2D eigenvalue weighted by Crippen LogP contribution is 2.23. The molecule has 3 nitrogen and oxygen atoms in total. The Kier molecular flexibility index (Phi) is 4.28. The zero-order valence-electron chi connectivity index (χ0n) is 9.67. The van der Waals surface area contributed by atoms with Gasteiger partial charge in [-0.3, -0.25) is 0 Å². The van der Waals surface area contributed by atoms with E-state index in [9.17, 15) is 9.18 Å². The second-order valence-electron chi connectivity index (χ2n) is 3.28. The molecule has 0 bridgehead atoms. The number of rotatable bonds is 4. The molecule has 4 heteroatoms. The third-order valence-corrected chi connectivity index (χ3v) is 1.98. The number of hydrogen-bond donors (Lipinski definition) is 0. The summed E-state index contributed by atoms with van der Waals surface area (Å²) in [5.41, 5.74) is 0.679. The Labute approximate surface area is 94.2 Å². The van der Waals surface area contributed by atoms with Crippen LogP contribution in [-0.4, -0.2) is 19.2 Å². The van der Waals surface area contributed by atoms with Gasteiger partial charge < -0.3 is 9.47 Å². The van der Waals surface area contributed by atoms with Gasteiger partial charge in [0, 0.05) is 0 Å². The van der Waals surface area contributed by atoms with Crippen LogP contribution in [0.4, 0.5) is 4.39 Å². The lowest BCUT2D eigenvalue weighted by molar-refractivity contribution is 0.0520. The molecule has 0 heterocycles. The Morgan fingerprint density at radius 3 is 2.56 bits per heavy atom. The highest BCUT2D eigenvalue weighted by atomic mass is 19.1. The Bertz CT molecular complexity index is 388. The highest BCUT2D eigenvalue weighted by molar-refractivity contribution is 5.90. The second-order valence-corrected chi connectivity index (χ2v) is 3.28. The summed E-state index contributed by atoms with van der Waals surface area (Å²) >= 11 is 0. The first-order chi connectivity index (χ1) is 7.60. The molecule has 0 N–H and O–H groups in total. The number of carbonyl (C=O) groups excluding carboxylic acids is 1. The summed E-state index contributed by atoms with van der Waals surface area (Å²) in [6.45, 7) is 5.77. The third-order valence-electron chi connectivity index (χ3n) is 1.98. The Morgan fingerprint density at radius 1 is 1.31 bits per heavy atom. The molecule has 0 unspecified atom stereocenters. The van der Waals surface area contributed by atoms with Gasteiger partial charge in [-0.15, -0.1) is 0 Å². The van der Waals surface area contributed by atoms with Crippen LogP contribution < -0.4 is 4.74 Å². The summed E-state index contributed by atoms with van der Waals surface area (Å²) in [4.78, 5) is 11.5. The fourth-order valence-electron chi connectivity index (χ4n) is 1.35. The standard InChI is InChI=1S/C12H15FO3/c1-4-15-10-7-8(3)6-9(11(10)13)12(14)16-5-2/h6-7H,4-5H2,1-3H3. The van der Waals surface area contributed by atoms with Crippen LogP contribution >= 0.6 is 0 Å². The van der Waals surface area contributed by atoms with Crippen molar-refractivity contribution in [1.82, 2.24) is 0 Å². The van der Waals surface area contributed by atoms with E-state index in [2.05, 4.69) is 0 Å². The quantitative estimate of drug-likeness (QED) is 0.740. The summed E-state index contributed by atoms with van der Waals surface area (Å²) in [5, 5.41) is 0. The zero-order valence-corrected chi connectivity index (χ0v) is 9.67. The minimum atomic E-state index is -0.662. The molecule has 0 saturated heterocycles. The number of halogens is 1. The molecule has 0 spiro atoms. The first kappa shape index (κ1) is 12.5. The molecule has 1 rings (SSSR count). The van der Waals surface area contributed by atoms with Gasteiger partial charge in [-0.05, 0) is 38.5 Å². The van der Waals surface area contributed by atoms with Crippen molar-refractivity contribution < 1.29 is 18.7 Å². The molecular formula is C12H15FO3. The van der Waals surface area contributed by atoms with Crippen LogP contribution in [0.2, 0.25) is 0 Å². The molecule has 16 heavy (non-hydrogen) atoms. The summed E-state index contributed by atoms with van der Waals surface area (Å²) in [7, 11) is 0. The van der Waals surface area contributed by atoms with Crippen molar-refractivity contribution in [2.75, 3.05) is 13.2 Å². The van der Waals surface area contributed by atoms with Crippen molar-refractivity contribution >= 4 is 5.97 Å². The van der Waals surface area contributed by atoms with Gasteiger partial charge in [-0.25, -0.2) is 9.18 Å². The van der Waals surface area contributed by atoms with Crippen molar-refractivity contribution in [3.63, 3.8) is 0 Å². The third kappa shape index (κ3) is 2.72. The molecule has 1 aromatic rings. The topological polar surface area (TPSA) is 35.5 Å². The van der Waals surface area contributed by atoms with Crippen LogP contribution in [0.5, 0.6) is 5.75 Å². The predicted molar refractivity (Wildman–Crippen MR) is 58.3 cm³/mol. The van der Waals surface area contributed by atoms with E-state index in [4.69, 9.17) is 9.47 Å². The molecule has 0 aliphatic carbocycles. The van der Waals surface area contributed by atoms with Gasteiger partial charge in [0.25, 0.3) is 0 Å². The first-order valence-electron chi connectivity index (χ1n) is 5.20. The average Bonchev–Trinajstić information content (AvgIpc) is 2.23. The summed E-state index contributed by atoms with van der Waals surface area (Å²) < 4.78 is 23.7.